The average molecular weight is 526 g/mol. The summed E-state index contributed by atoms with van der Waals surface area (Å²) in [5.74, 6) is -0.306. The van der Waals surface area contributed by atoms with Crippen molar-refractivity contribution in [2.75, 3.05) is 0 Å². The third kappa shape index (κ3) is 6.58. The van der Waals surface area contributed by atoms with E-state index < -0.39 is 17.6 Å². The lowest BCUT2D eigenvalue weighted by Gasteiger charge is -2.17. The highest BCUT2D eigenvalue weighted by Gasteiger charge is 2.35. The van der Waals surface area contributed by atoms with Crippen LogP contribution in [-0.4, -0.2) is 16.4 Å². The Bertz CT molecular complexity index is 1430. The van der Waals surface area contributed by atoms with Crippen molar-refractivity contribution in [1.82, 2.24) is 15.2 Å². The first-order valence-electron chi connectivity index (χ1n) is 11.5. The van der Waals surface area contributed by atoms with Gasteiger partial charge in [-0.1, -0.05) is 18.2 Å². The quantitative estimate of drug-likeness (QED) is 0.278. The third-order valence-corrected chi connectivity index (χ3v) is 5.57. The van der Waals surface area contributed by atoms with E-state index in [1.54, 1.807) is 24.3 Å². The van der Waals surface area contributed by atoms with Gasteiger partial charge in [-0.05, 0) is 71.8 Å². The van der Waals surface area contributed by atoms with Crippen molar-refractivity contribution in [3.05, 3.63) is 113 Å². The Balaban J connectivity index is 1.46. The summed E-state index contributed by atoms with van der Waals surface area (Å²) in [7, 11) is 0. The summed E-state index contributed by atoms with van der Waals surface area (Å²) in [6.07, 6.45) is -3.30. The van der Waals surface area contributed by atoms with Gasteiger partial charge in [0.15, 0.2) is 0 Å². The summed E-state index contributed by atoms with van der Waals surface area (Å²) < 4.78 is 61.5. The average Bonchev–Trinajstić information content (AvgIpc) is 3.37. The Morgan fingerprint density at radius 3 is 2.08 bits per heavy atom. The molecule has 196 valence electrons. The summed E-state index contributed by atoms with van der Waals surface area (Å²) in [5.41, 5.74) is -0.0901. The van der Waals surface area contributed by atoms with Crippen LogP contribution in [0.2, 0.25) is 0 Å². The molecule has 0 fully saturated rings. The summed E-state index contributed by atoms with van der Waals surface area (Å²) in [6.45, 7) is 1.36. The Hall–Kier alpha value is -4.60. The maximum absolute atomic E-state index is 13.9. The lowest BCUT2D eigenvalue weighted by molar-refractivity contribution is -0.137. The zero-order chi connectivity index (χ0) is 27.3. The zero-order valence-electron chi connectivity index (χ0n) is 20.2. The SMILES string of the molecule is CC(=O)NCc1ccc(-n2cccc2C(=O)NCc2ccc(Oc3ccc(F)cc3)cc2)c(C(F)(F)F)c1. The van der Waals surface area contributed by atoms with Gasteiger partial charge < -0.3 is 19.9 Å². The number of rotatable bonds is 8. The molecule has 38 heavy (non-hydrogen) atoms. The Kier molecular flexibility index (Phi) is 7.80. The molecule has 0 saturated carbocycles. The number of halogens is 4. The van der Waals surface area contributed by atoms with E-state index in [4.69, 9.17) is 4.74 Å². The van der Waals surface area contributed by atoms with Crippen molar-refractivity contribution in [3.8, 4) is 17.2 Å². The molecule has 10 heteroatoms. The van der Waals surface area contributed by atoms with Gasteiger partial charge in [0.05, 0.1) is 11.3 Å². The van der Waals surface area contributed by atoms with Gasteiger partial charge in [-0.15, -0.1) is 0 Å². The molecule has 0 saturated heterocycles. The smallest absolute Gasteiger partial charge is 0.418 e. The van der Waals surface area contributed by atoms with Crippen molar-refractivity contribution in [2.24, 2.45) is 0 Å². The predicted molar refractivity (Wildman–Crippen MR) is 132 cm³/mol. The fraction of sp³-hybridized carbons (Fsp3) is 0.143. The zero-order valence-corrected chi connectivity index (χ0v) is 20.2. The summed E-state index contributed by atoms with van der Waals surface area (Å²) >= 11 is 0. The van der Waals surface area contributed by atoms with Crippen LogP contribution in [0.4, 0.5) is 17.6 Å². The van der Waals surface area contributed by atoms with Gasteiger partial charge in [-0.2, -0.15) is 13.2 Å². The molecule has 1 heterocycles. The van der Waals surface area contributed by atoms with Crippen LogP contribution in [0.1, 0.15) is 34.1 Å². The highest BCUT2D eigenvalue weighted by molar-refractivity contribution is 5.93. The second kappa shape index (κ2) is 11.2. The first-order chi connectivity index (χ1) is 18.1. The molecule has 0 aliphatic heterocycles. The molecule has 6 nitrogen and oxygen atoms in total. The van der Waals surface area contributed by atoms with E-state index in [-0.39, 0.29) is 41.8 Å². The molecule has 1 aromatic heterocycles. The van der Waals surface area contributed by atoms with Crippen molar-refractivity contribution in [3.63, 3.8) is 0 Å². The van der Waals surface area contributed by atoms with Crippen LogP contribution in [0.5, 0.6) is 11.5 Å². The number of hydrogen-bond donors (Lipinski definition) is 2. The molecule has 4 aromatic rings. The van der Waals surface area contributed by atoms with Crippen molar-refractivity contribution >= 4 is 11.8 Å². The van der Waals surface area contributed by atoms with Gasteiger partial charge in [0.25, 0.3) is 5.91 Å². The number of hydrogen-bond acceptors (Lipinski definition) is 3. The number of alkyl halides is 3. The number of ether oxygens (including phenoxy) is 1. The predicted octanol–water partition coefficient (Wildman–Crippen LogP) is 5.99. The number of carbonyl (C=O) groups excluding carboxylic acids is 2. The number of carbonyl (C=O) groups is 2. The molecule has 0 aliphatic carbocycles. The van der Waals surface area contributed by atoms with Crippen LogP contribution in [-0.2, 0) is 24.1 Å². The van der Waals surface area contributed by atoms with Crippen LogP contribution in [0.3, 0.4) is 0 Å². The molecular formula is C28H23F4N3O3. The van der Waals surface area contributed by atoms with Gasteiger partial charge in [0, 0.05) is 26.2 Å². The van der Waals surface area contributed by atoms with E-state index in [9.17, 15) is 27.2 Å². The molecule has 0 radical (unpaired) electrons. The van der Waals surface area contributed by atoms with Gasteiger partial charge in [0.2, 0.25) is 5.91 Å². The molecule has 2 amide bonds. The van der Waals surface area contributed by atoms with E-state index in [0.29, 0.717) is 11.5 Å². The fourth-order valence-corrected chi connectivity index (χ4v) is 3.72. The number of aromatic nitrogens is 1. The largest absolute Gasteiger partial charge is 0.457 e. The normalized spacial score (nSPS) is 11.2. The second-order valence-corrected chi connectivity index (χ2v) is 8.41. The Morgan fingerprint density at radius 2 is 1.45 bits per heavy atom. The van der Waals surface area contributed by atoms with Crippen molar-refractivity contribution in [2.45, 2.75) is 26.2 Å². The second-order valence-electron chi connectivity index (χ2n) is 8.41. The highest BCUT2D eigenvalue weighted by atomic mass is 19.4. The van der Waals surface area contributed by atoms with E-state index in [0.717, 1.165) is 11.6 Å². The highest BCUT2D eigenvalue weighted by Crippen LogP contribution is 2.35. The molecular weight excluding hydrogens is 502 g/mol. The minimum absolute atomic E-state index is 0.0291. The molecule has 0 atom stereocenters. The van der Waals surface area contributed by atoms with E-state index in [2.05, 4.69) is 10.6 Å². The van der Waals surface area contributed by atoms with Crippen LogP contribution in [0, 0.1) is 5.82 Å². The fourth-order valence-electron chi connectivity index (χ4n) is 3.72. The maximum Gasteiger partial charge on any atom is 0.418 e. The van der Waals surface area contributed by atoms with Gasteiger partial charge in [-0.3, -0.25) is 9.59 Å². The first kappa shape index (κ1) is 26.5. The number of amides is 2. The number of nitrogens with zero attached hydrogens (tertiary/aromatic N) is 1. The van der Waals surface area contributed by atoms with E-state index >= 15 is 0 Å². The van der Waals surface area contributed by atoms with Crippen LogP contribution in [0.15, 0.2) is 85.1 Å². The standard InChI is InChI=1S/C28H23F4N3O3/c1-18(36)33-17-20-6-13-25(24(15-20)28(30,31)32)35-14-2-3-26(35)27(37)34-16-19-4-9-22(10-5-19)38-23-11-7-21(29)8-12-23/h2-15H,16-17H2,1H3,(H,33,36)(H,34,37). The molecule has 4 rings (SSSR count). The van der Waals surface area contributed by atoms with E-state index in [1.807, 2.05) is 0 Å². The third-order valence-electron chi connectivity index (χ3n) is 5.57. The maximum atomic E-state index is 13.9. The molecule has 0 bridgehead atoms. The number of nitrogens with one attached hydrogen (secondary N) is 2. The summed E-state index contributed by atoms with van der Waals surface area (Å²) in [5, 5.41) is 5.19. The van der Waals surface area contributed by atoms with Crippen molar-refractivity contribution < 1.29 is 31.9 Å². The number of benzene rings is 3. The summed E-state index contributed by atoms with van der Waals surface area (Å²) in [4.78, 5) is 24.0. The summed E-state index contributed by atoms with van der Waals surface area (Å²) in [6, 6.07) is 19.0. The molecule has 2 N–H and O–H groups in total. The minimum Gasteiger partial charge on any atom is -0.457 e. The van der Waals surface area contributed by atoms with E-state index in [1.165, 1.54) is 66.2 Å². The Labute approximate surface area is 215 Å². The molecule has 0 unspecified atom stereocenters. The topological polar surface area (TPSA) is 72.4 Å². The van der Waals surface area contributed by atoms with Crippen LogP contribution < -0.4 is 15.4 Å². The van der Waals surface area contributed by atoms with Gasteiger partial charge in [0.1, 0.15) is 23.0 Å². The lowest BCUT2D eigenvalue weighted by Crippen LogP contribution is -2.25. The van der Waals surface area contributed by atoms with Gasteiger partial charge in [-0.25, -0.2) is 4.39 Å². The van der Waals surface area contributed by atoms with Crippen LogP contribution in [0.25, 0.3) is 5.69 Å². The first-order valence-corrected chi connectivity index (χ1v) is 11.5. The monoisotopic (exact) mass is 525 g/mol. The van der Waals surface area contributed by atoms with Crippen LogP contribution >= 0.6 is 0 Å². The Morgan fingerprint density at radius 1 is 0.842 bits per heavy atom. The molecule has 0 aliphatic rings. The van der Waals surface area contributed by atoms with Gasteiger partial charge >= 0.3 is 6.18 Å². The molecule has 0 spiro atoms. The lowest BCUT2D eigenvalue weighted by atomic mass is 10.1. The molecule has 3 aromatic carbocycles. The minimum atomic E-state index is -4.68. The van der Waals surface area contributed by atoms with Crippen molar-refractivity contribution in [1.29, 1.82) is 0 Å².